The highest BCUT2D eigenvalue weighted by atomic mass is 35.5. The number of nitrogens with zero attached hydrogens (tertiary/aromatic N) is 1. The number of amides is 1. The fraction of sp³-hybridized carbons (Fsp3) is 0.632. The molecule has 1 aromatic carbocycles. The molecule has 1 aromatic rings. The van der Waals surface area contributed by atoms with Crippen LogP contribution >= 0.6 is 12.4 Å². The number of carbonyl (C=O) groups is 1. The lowest BCUT2D eigenvalue weighted by Gasteiger charge is -2.32. The molecule has 6 heteroatoms. The van der Waals surface area contributed by atoms with Crippen molar-refractivity contribution in [1.29, 1.82) is 0 Å². The maximum atomic E-state index is 12.6. The van der Waals surface area contributed by atoms with Crippen molar-refractivity contribution in [2.45, 2.75) is 53.1 Å². The molecule has 0 fully saturated rings. The van der Waals surface area contributed by atoms with E-state index in [9.17, 15) is 4.79 Å². The molecule has 1 aliphatic heterocycles. The minimum atomic E-state index is -0.416. The third kappa shape index (κ3) is 5.51. The number of rotatable bonds is 7. The Bertz CT molecular complexity index is 578. The summed E-state index contributed by atoms with van der Waals surface area (Å²) in [5.74, 6) is 1.99. The Balaban J connectivity index is 0.00000312. The quantitative estimate of drug-likeness (QED) is 0.800. The Labute approximate surface area is 157 Å². The Morgan fingerprint density at radius 2 is 1.72 bits per heavy atom. The Kier molecular flexibility index (Phi) is 8.53. The van der Waals surface area contributed by atoms with Gasteiger partial charge in [-0.15, -0.1) is 12.4 Å². The Hall–Kier alpha value is -1.46. The van der Waals surface area contributed by atoms with Crippen molar-refractivity contribution in [2.24, 2.45) is 11.7 Å². The predicted octanol–water partition coefficient (Wildman–Crippen LogP) is 3.16. The smallest absolute Gasteiger partial charge is 0.239 e. The zero-order chi connectivity index (χ0) is 17.7. The summed E-state index contributed by atoms with van der Waals surface area (Å²) in [4.78, 5) is 14.4. The fourth-order valence-corrected chi connectivity index (χ4v) is 3.13. The first kappa shape index (κ1) is 21.6. The van der Waals surface area contributed by atoms with Gasteiger partial charge in [-0.1, -0.05) is 13.8 Å². The van der Waals surface area contributed by atoms with Crippen molar-refractivity contribution in [3.05, 3.63) is 23.3 Å². The van der Waals surface area contributed by atoms with E-state index in [0.717, 1.165) is 29.9 Å². The molecule has 2 rings (SSSR count). The Morgan fingerprint density at radius 3 is 2.24 bits per heavy atom. The average Bonchev–Trinajstić information content (AvgIpc) is 2.54. The molecule has 2 N–H and O–H groups in total. The topological polar surface area (TPSA) is 64.8 Å². The molecule has 0 radical (unpaired) electrons. The zero-order valence-electron chi connectivity index (χ0n) is 15.7. The van der Waals surface area contributed by atoms with E-state index in [4.69, 9.17) is 15.2 Å². The summed E-state index contributed by atoms with van der Waals surface area (Å²) in [5, 5.41) is 0. The van der Waals surface area contributed by atoms with Crippen LogP contribution in [0.15, 0.2) is 12.1 Å². The monoisotopic (exact) mass is 370 g/mol. The molecule has 0 spiro atoms. The number of hydrogen-bond donors (Lipinski definition) is 1. The van der Waals surface area contributed by atoms with E-state index in [1.54, 1.807) is 0 Å². The van der Waals surface area contributed by atoms with Crippen LogP contribution in [-0.4, -0.2) is 36.6 Å². The lowest BCUT2D eigenvalue weighted by Crippen LogP contribution is -2.46. The summed E-state index contributed by atoms with van der Waals surface area (Å²) in [6.07, 6.45) is 1.54. The Morgan fingerprint density at radius 1 is 1.16 bits per heavy atom. The third-order valence-electron chi connectivity index (χ3n) is 4.23. The minimum absolute atomic E-state index is 0. The molecule has 142 valence electrons. The van der Waals surface area contributed by atoms with Crippen molar-refractivity contribution < 1.29 is 14.3 Å². The van der Waals surface area contributed by atoms with Crippen LogP contribution in [0.5, 0.6) is 11.5 Å². The third-order valence-corrected chi connectivity index (χ3v) is 4.23. The van der Waals surface area contributed by atoms with E-state index in [-0.39, 0.29) is 18.3 Å². The number of hydrogen-bond acceptors (Lipinski definition) is 4. The van der Waals surface area contributed by atoms with Crippen LogP contribution in [0, 0.1) is 5.92 Å². The number of benzene rings is 1. The van der Waals surface area contributed by atoms with E-state index < -0.39 is 6.04 Å². The van der Waals surface area contributed by atoms with E-state index >= 15 is 0 Å². The molecule has 0 bridgehead atoms. The number of halogens is 1. The van der Waals surface area contributed by atoms with Crippen LogP contribution in [0.4, 0.5) is 0 Å². The van der Waals surface area contributed by atoms with Crippen LogP contribution in [0.3, 0.4) is 0 Å². The van der Waals surface area contributed by atoms with Gasteiger partial charge >= 0.3 is 0 Å². The molecular weight excluding hydrogens is 340 g/mol. The molecule has 5 nitrogen and oxygen atoms in total. The summed E-state index contributed by atoms with van der Waals surface area (Å²) in [6.45, 7) is 10.6. The van der Waals surface area contributed by atoms with Gasteiger partial charge in [0.1, 0.15) is 0 Å². The first-order chi connectivity index (χ1) is 11.5. The van der Waals surface area contributed by atoms with Crippen molar-refractivity contribution in [3.8, 4) is 11.5 Å². The minimum Gasteiger partial charge on any atom is -0.490 e. The summed E-state index contributed by atoms with van der Waals surface area (Å²) < 4.78 is 11.4. The average molecular weight is 371 g/mol. The highest BCUT2D eigenvalue weighted by Crippen LogP contribution is 2.34. The van der Waals surface area contributed by atoms with E-state index in [2.05, 4.69) is 19.9 Å². The van der Waals surface area contributed by atoms with Crippen molar-refractivity contribution in [1.82, 2.24) is 4.90 Å². The van der Waals surface area contributed by atoms with Gasteiger partial charge in [0.2, 0.25) is 5.91 Å². The zero-order valence-corrected chi connectivity index (χ0v) is 16.5. The van der Waals surface area contributed by atoms with Gasteiger partial charge in [0.05, 0.1) is 19.3 Å². The van der Waals surface area contributed by atoms with Gasteiger partial charge in [0.15, 0.2) is 11.5 Å². The molecule has 1 heterocycles. The molecule has 1 amide bonds. The maximum absolute atomic E-state index is 12.6. The number of carbonyl (C=O) groups excluding carboxylic acids is 1. The normalized spacial score (nSPS) is 14.6. The van der Waals surface area contributed by atoms with E-state index in [1.807, 2.05) is 24.8 Å². The van der Waals surface area contributed by atoms with Gasteiger partial charge in [0.25, 0.3) is 0 Å². The van der Waals surface area contributed by atoms with Crippen molar-refractivity contribution >= 4 is 18.3 Å². The number of nitrogens with two attached hydrogens (primary N) is 1. The van der Waals surface area contributed by atoms with Crippen molar-refractivity contribution in [3.63, 3.8) is 0 Å². The van der Waals surface area contributed by atoms with Gasteiger partial charge in [-0.05, 0) is 55.9 Å². The highest BCUT2D eigenvalue weighted by Gasteiger charge is 2.26. The molecule has 0 saturated heterocycles. The van der Waals surface area contributed by atoms with Crippen LogP contribution in [0.1, 0.15) is 45.2 Å². The van der Waals surface area contributed by atoms with Gasteiger partial charge < -0.3 is 20.1 Å². The molecular formula is C19H31ClN2O3. The SMILES string of the molecule is CCOc1cc2c(cc1OCC)CN(C(=O)[C@@H](N)CC(C)C)CC2.Cl. The summed E-state index contributed by atoms with van der Waals surface area (Å²) in [6, 6.07) is 3.65. The second-order valence-electron chi connectivity index (χ2n) is 6.68. The number of fused-ring (bicyclic) bond motifs is 1. The first-order valence-electron chi connectivity index (χ1n) is 8.92. The number of ether oxygens (including phenoxy) is 2. The molecule has 0 aliphatic carbocycles. The molecule has 1 aliphatic rings. The molecule has 0 saturated carbocycles. The molecule has 0 unspecified atom stereocenters. The van der Waals surface area contributed by atoms with E-state index in [0.29, 0.717) is 32.2 Å². The lowest BCUT2D eigenvalue weighted by molar-refractivity contribution is -0.133. The second-order valence-corrected chi connectivity index (χ2v) is 6.68. The standard InChI is InChI=1S/C19H30N2O3.ClH/c1-5-23-17-10-14-7-8-21(19(22)16(20)9-13(3)4)12-15(14)11-18(17)24-6-2;/h10-11,13,16H,5-9,12,20H2,1-4H3;1H/t16-;/m0./s1. The molecule has 25 heavy (non-hydrogen) atoms. The van der Waals surface area contributed by atoms with Crippen LogP contribution in [0.25, 0.3) is 0 Å². The first-order valence-corrected chi connectivity index (χ1v) is 8.92. The summed E-state index contributed by atoms with van der Waals surface area (Å²) >= 11 is 0. The van der Waals surface area contributed by atoms with Crippen LogP contribution in [0.2, 0.25) is 0 Å². The van der Waals surface area contributed by atoms with Gasteiger partial charge in [0, 0.05) is 13.1 Å². The van der Waals surface area contributed by atoms with E-state index in [1.165, 1.54) is 5.56 Å². The van der Waals surface area contributed by atoms with Crippen LogP contribution in [-0.2, 0) is 17.8 Å². The highest BCUT2D eigenvalue weighted by molar-refractivity contribution is 5.85. The lowest BCUT2D eigenvalue weighted by atomic mass is 9.97. The van der Waals surface area contributed by atoms with Crippen LogP contribution < -0.4 is 15.2 Å². The largest absolute Gasteiger partial charge is 0.490 e. The summed E-state index contributed by atoms with van der Waals surface area (Å²) in [7, 11) is 0. The molecule has 0 aromatic heterocycles. The van der Waals surface area contributed by atoms with Gasteiger partial charge in [-0.3, -0.25) is 4.79 Å². The maximum Gasteiger partial charge on any atom is 0.239 e. The van der Waals surface area contributed by atoms with Crippen molar-refractivity contribution in [2.75, 3.05) is 19.8 Å². The van der Waals surface area contributed by atoms with Gasteiger partial charge in [-0.2, -0.15) is 0 Å². The second kappa shape index (κ2) is 9.88. The fourth-order valence-electron chi connectivity index (χ4n) is 3.13. The molecule has 1 atom stereocenters. The predicted molar refractivity (Wildman–Crippen MR) is 103 cm³/mol. The summed E-state index contributed by atoms with van der Waals surface area (Å²) in [5.41, 5.74) is 8.42. The van der Waals surface area contributed by atoms with Gasteiger partial charge in [-0.25, -0.2) is 0 Å².